The van der Waals surface area contributed by atoms with Crippen LogP contribution in [0.25, 0.3) is 0 Å². The van der Waals surface area contributed by atoms with Gasteiger partial charge in [0.1, 0.15) is 0 Å². The van der Waals surface area contributed by atoms with E-state index in [0.29, 0.717) is 6.61 Å². The Morgan fingerprint density at radius 3 is 2.47 bits per heavy atom. The number of aliphatic hydroxyl groups is 2. The third-order valence-corrected chi connectivity index (χ3v) is 2.99. The minimum absolute atomic E-state index is 0.0991. The van der Waals surface area contributed by atoms with Gasteiger partial charge in [-0.25, -0.2) is 0 Å². The second kappa shape index (κ2) is 7.17. The van der Waals surface area contributed by atoms with Gasteiger partial charge in [-0.05, 0) is 19.8 Å². The summed E-state index contributed by atoms with van der Waals surface area (Å²) in [6.07, 6.45) is 2.25. The summed E-state index contributed by atoms with van der Waals surface area (Å²) in [5.74, 6) is 0.257. The fraction of sp³-hybridized carbons (Fsp3) is 1.00. The molecule has 2 unspecified atom stereocenters. The molecule has 92 valence electrons. The van der Waals surface area contributed by atoms with E-state index in [1.807, 2.05) is 0 Å². The minimum atomic E-state index is -0.352. The van der Waals surface area contributed by atoms with Crippen LogP contribution < -0.4 is 0 Å². The number of rotatable bonds is 4. The van der Waals surface area contributed by atoms with Gasteiger partial charge < -0.3 is 19.7 Å². The SMILES string of the molecule is CO.COC[C@H](C)C1(CO)CCC(C)O1. The third-order valence-electron chi connectivity index (χ3n) is 2.99. The molecular weight excluding hydrogens is 196 g/mol. The molecule has 1 heterocycles. The van der Waals surface area contributed by atoms with Crippen molar-refractivity contribution in [3.8, 4) is 0 Å². The maximum atomic E-state index is 9.35. The van der Waals surface area contributed by atoms with E-state index in [0.717, 1.165) is 20.0 Å². The van der Waals surface area contributed by atoms with Gasteiger partial charge in [-0.2, -0.15) is 0 Å². The van der Waals surface area contributed by atoms with Gasteiger partial charge in [0.2, 0.25) is 0 Å². The molecule has 0 aromatic rings. The minimum Gasteiger partial charge on any atom is -0.400 e. The smallest absolute Gasteiger partial charge is 0.0963 e. The molecule has 1 aliphatic rings. The Morgan fingerprint density at radius 2 is 2.13 bits per heavy atom. The van der Waals surface area contributed by atoms with Crippen molar-refractivity contribution >= 4 is 0 Å². The van der Waals surface area contributed by atoms with Crippen molar-refractivity contribution in [1.29, 1.82) is 0 Å². The Morgan fingerprint density at radius 1 is 1.53 bits per heavy atom. The summed E-state index contributed by atoms with van der Waals surface area (Å²) in [7, 11) is 2.68. The van der Waals surface area contributed by atoms with Gasteiger partial charge in [0, 0.05) is 20.1 Å². The standard InChI is InChI=1S/C10H20O3.CH4O/c1-8(6-12-3)10(7-11)5-4-9(2)13-10;1-2/h8-9,11H,4-7H2,1-3H3;2H,1H3/t8-,9?,10?;/m0./s1. The predicted molar refractivity (Wildman–Crippen MR) is 58.8 cm³/mol. The van der Waals surface area contributed by atoms with E-state index in [1.165, 1.54) is 0 Å². The molecule has 0 saturated carbocycles. The van der Waals surface area contributed by atoms with Crippen LogP contribution in [-0.2, 0) is 9.47 Å². The van der Waals surface area contributed by atoms with Gasteiger partial charge in [0.25, 0.3) is 0 Å². The lowest BCUT2D eigenvalue weighted by molar-refractivity contribution is -0.113. The average molecular weight is 220 g/mol. The second-order valence-corrected chi connectivity index (χ2v) is 4.05. The third kappa shape index (κ3) is 3.72. The summed E-state index contributed by atoms with van der Waals surface area (Å²) in [5.41, 5.74) is -0.352. The highest BCUT2D eigenvalue weighted by atomic mass is 16.5. The van der Waals surface area contributed by atoms with Crippen molar-refractivity contribution in [1.82, 2.24) is 0 Å². The van der Waals surface area contributed by atoms with E-state index < -0.39 is 0 Å². The van der Waals surface area contributed by atoms with Crippen LogP contribution in [0, 0.1) is 5.92 Å². The summed E-state index contributed by atoms with van der Waals surface area (Å²) < 4.78 is 10.9. The average Bonchev–Trinajstić information content (AvgIpc) is 2.65. The van der Waals surface area contributed by atoms with Crippen molar-refractivity contribution < 1.29 is 19.7 Å². The summed E-state index contributed by atoms with van der Waals surface area (Å²) in [5, 5.41) is 16.4. The van der Waals surface area contributed by atoms with Crippen LogP contribution >= 0.6 is 0 Å². The molecule has 0 amide bonds. The maximum absolute atomic E-state index is 9.35. The Bertz CT molecular complexity index is 163. The van der Waals surface area contributed by atoms with E-state index in [2.05, 4.69) is 13.8 Å². The Balaban J connectivity index is 0.000000921. The molecule has 4 heteroatoms. The van der Waals surface area contributed by atoms with Crippen molar-refractivity contribution in [2.45, 2.75) is 38.4 Å². The van der Waals surface area contributed by atoms with Crippen LogP contribution in [0.2, 0.25) is 0 Å². The molecule has 0 bridgehead atoms. The van der Waals surface area contributed by atoms with E-state index in [9.17, 15) is 5.11 Å². The lowest BCUT2D eigenvalue weighted by atomic mass is 9.87. The van der Waals surface area contributed by atoms with Crippen LogP contribution in [0.3, 0.4) is 0 Å². The first-order valence-corrected chi connectivity index (χ1v) is 5.37. The van der Waals surface area contributed by atoms with Crippen LogP contribution in [0.4, 0.5) is 0 Å². The van der Waals surface area contributed by atoms with Crippen molar-refractivity contribution in [2.24, 2.45) is 5.92 Å². The first kappa shape index (κ1) is 14.8. The molecule has 0 spiro atoms. The number of aliphatic hydroxyl groups excluding tert-OH is 2. The maximum Gasteiger partial charge on any atom is 0.0963 e. The molecule has 2 N–H and O–H groups in total. The highest BCUT2D eigenvalue weighted by Crippen LogP contribution is 2.36. The van der Waals surface area contributed by atoms with Crippen LogP contribution in [0.15, 0.2) is 0 Å². The number of ether oxygens (including phenoxy) is 2. The van der Waals surface area contributed by atoms with E-state index in [4.69, 9.17) is 14.6 Å². The molecule has 0 aromatic carbocycles. The summed E-state index contributed by atoms with van der Waals surface area (Å²) in [4.78, 5) is 0. The molecule has 0 aromatic heterocycles. The quantitative estimate of drug-likeness (QED) is 0.736. The highest BCUT2D eigenvalue weighted by molar-refractivity contribution is 4.91. The number of methoxy groups -OCH3 is 1. The monoisotopic (exact) mass is 220 g/mol. The molecule has 3 atom stereocenters. The molecule has 0 aliphatic carbocycles. The zero-order valence-electron chi connectivity index (χ0n) is 10.2. The largest absolute Gasteiger partial charge is 0.400 e. The Labute approximate surface area is 92.2 Å². The predicted octanol–water partition coefficient (Wildman–Crippen LogP) is 0.807. The molecule has 0 radical (unpaired) electrons. The lowest BCUT2D eigenvalue weighted by Gasteiger charge is -2.33. The highest BCUT2D eigenvalue weighted by Gasteiger charge is 2.42. The Kier molecular flexibility index (Phi) is 7.09. The first-order chi connectivity index (χ1) is 7.14. The molecule has 1 aliphatic heterocycles. The summed E-state index contributed by atoms with van der Waals surface area (Å²) in [6.45, 7) is 4.86. The topological polar surface area (TPSA) is 58.9 Å². The molecule has 15 heavy (non-hydrogen) atoms. The molecule has 4 nitrogen and oxygen atoms in total. The first-order valence-electron chi connectivity index (χ1n) is 5.37. The van der Waals surface area contributed by atoms with E-state index in [1.54, 1.807) is 7.11 Å². The van der Waals surface area contributed by atoms with Crippen LogP contribution in [0.1, 0.15) is 26.7 Å². The van der Waals surface area contributed by atoms with Gasteiger partial charge in [-0.3, -0.25) is 0 Å². The van der Waals surface area contributed by atoms with Gasteiger partial charge in [0.05, 0.1) is 24.9 Å². The van der Waals surface area contributed by atoms with E-state index in [-0.39, 0.29) is 24.2 Å². The molecule has 1 fully saturated rings. The molecule has 1 saturated heterocycles. The number of hydrogen-bond acceptors (Lipinski definition) is 4. The molecule has 1 rings (SSSR count). The van der Waals surface area contributed by atoms with Gasteiger partial charge in [-0.15, -0.1) is 0 Å². The zero-order valence-corrected chi connectivity index (χ0v) is 10.2. The van der Waals surface area contributed by atoms with Crippen molar-refractivity contribution in [2.75, 3.05) is 27.4 Å². The lowest BCUT2D eigenvalue weighted by Crippen LogP contribution is -2.42. The zero-order chi connectivity index (χ0) is 11.9. The fourth-order valence-corrected chi connectivity index (χ4v) is 2.00. The summed E-state index contributed by atoms with van der Waals surface area (Å²) >= 11 is 0. The van der Waals surface area contributed by atoms with Crippen molar-refractivity contribution in [3.05, 3.63) is 0 Å². The number of hydrogen-bond donors (Lipinski definition) is 2. The van der Waals surface area contributed by atoms with Gasteiger partial charge >= 0.3 is 0 Å². The fourth-order valence-electron chi connectivity index (χ4n) is 2.00. The van der Waals surface area contributed by atoms with Gasteiger partial charge in [0.15, 0.2) is 0 Å². The van der Waals surface area contributed by atoms with Gasteiger partial charge in [-0.1, -0.05) is 6.92 Å². The van der Waals surface area contributed by atoms with Crippen LogP contribution in [-0.4, -0.2) is 49.4 Å². The Hall–Kier alpha value is -0.160. The van der Waals surface area contributed by atoms with Crippen molar-refractivity contribution in [3.63, 3.8) is 0 Å². The normalized spacial score (nSPS) is 32.0. The van der Waals surface area contributed by atoms with Crippen LogP contribution in [0.5, 0.6) is 0 Å². The van der Waals surface area contributed by atoms with E-state index >= 15 is 0 Å². The molecular formula is C11H24O4. The second-order valence-electron chi connectivity index (χ2n) is 4.05. The summed E-state index contributed by atoms with van der Waals surface area (Å²) in [6, 6.07) is 0.